The van der Waals surface area contributed by atoms with Crippen molar-refractivity contribution in [2.75, 3.05) is 39.3 Å². The van der Waals surface area contributed by atoms with Gasteiger partial charge in [-0.3, -0.25) is 24.1 Å². The molecule has 5 amide bonds. The van der Waals surface area contributed by atoms with Gasteiger partial charge in [0.1, 0.15) is 31.6 Å². The third kappa shape index (κ3) is 9.01. The number of carbonyl (C=O) groups is 5. The quantitative estimate of drug-likeness (QED) is 0.445. The van der Waals surface area contributed by atoms with Gasteiger partial charge in [0, 0.05) is 32.5 Å². The molecule has 1 aromatic heterocycles. The predicted octanol–water partition coefficient (Wildman–Crippen LogP) is 0.708. The summed E-state index contributed by atoms with van der Waals surface area (Å²) in [6.07, 6.45) is 0.656. The molecule has 2 aromatic rings. The van der Waals surface area contributed by atoms with Crippen LogP contribution in [0.4, 0.5) is 4.79 Å². The van der Waals surface area contributed by atoms with E-state index in [1.807, 2.05) is 44.2 Å². The number of aromatic nitrogens is 3. The molecule has 2 atom stereocenters. The van der Waals surface area contributed by atoms with E-state index < -0.39 is 18.2 Å². The lowest BCUT2D eigenvalue weighted by Gasteiger charge is -2.27. The third-order valence-electron chi connectivity index (χ3n) is 7.56. The molecule has 0 saturated carbocycles. The molecule has 2 aliphatic heterocycles. The van der Waals surface area contributed by atoms with Crippen molar-refractivity contribution in [2.45, 2.75) is 65.1 Å². The van der Waals surface area contributed by atoms with Crippen molar-refractivity contribution in [3.8, 4) is 0 Å². The minimum atomic E-state index is -0.871. The lowest BCUT2D eigenvalue weighted by atomic mass is 10.0. The number of carbonyl (C=O) groups excluding carboxylic acids is 5. The maximum Gasteiger partial charge on any atom is 0.410 e. The van der Waals surface area contributed by atoms with Crippen LogP contribution >= 0.6 is 0 Å². The van der Waals surface area contributed by atoms with Gasteiger partial charge in [0.05, 0.1) is 12.6 Å². The highest BCUT2D eigenvalue weighted by molar-refractivity contribution is 5.88. The summed E-state index contributed by atoms with van der Waals surface area (Å²) in [7, 11) is 0. The van der Waals surface area contributed by atoms with Crippen molar-refractivity contribution in [1.29, 1.82) is 0 Å². The summed E-state index contributed by atoms with van der Waals surface area (Å²) >= 11 is 0. The SMILES string of the molecule is Cc1nc2n(n1)CC(=O)NCCCN(C(=O)CN1CCOC1=O)CCCC(=O)N[C@H](Cc1ccccc1)C(=O)N[C@H]2C(C)C. The van der Waals surface area contributed by atoms with Gasteiger partial charge in [0.25, 0.3) is 0 Å². The van der Waals surface area contributed by atoms with Gasteiger partial charge in [-0.1, -0.05) is 44.2 Å². The fourth-order valence-electron chi connectivity index (χ4n) is 5.24. The summed E-state index contributed by atoms with van der Waals surface area (Å²) in [5.74, 6) is -0.424. The van der Waals surface area contributed by atoms with E-state index in [0.717, 1.165) is 5.56 Å². The van der Waals surface area contributed by atoms with E-state index in [0.29, 0.717) is 44.1 Å². The van der Waals surface area contributed by atoms with Crippen molar-refractivity contribution < 1.29 is 28.7 Å². The van der Waals surface area contributed by atoms with Crippen LogP contribution in [-0.2, 0) is 36.9 Å². The van der Waals surface area contributed by atoms with Crippen molar-refractivity contribution in [3.63, 3.8) is 0 Å². The zero-order chi connectivity index (χ0) is 31.6. The second-order valence-corrected chi connectivity index (χ2v) is 11.4. The van der Waals surface area contributed by atoms with Crippen LogP contribution < -0.4 is 16.0 Å². The number of hydrogen-bond donors (Lipinski definition) is 3. The fourth-order valence-corrected chi connectivity index (χ4v) is 5.24. The molecule has 1 saturated heterocycles. The Morgan fingerprint density at radius 3 is 2.48 bits per heavy atom. The number of cyclic esters (lactones) is 1. The topological polar surface area (TPSA) is 168 Å². The van der Waals surface area contributed by atoms with Crippen molar-refractivity contribution in [1.82, 2.24) is 40.5 Å². The Balaban J connectivity index is 1.56. The summed E-state index contributed by atoms with van der Waals surface area (Å²) in [5, 5.41) is 13.2. The van der Waals surface area contributed by atoms with Crippen molar-refractivity contribution >= 4 is 29.7 Å². The molecule has 238 valence electrons. The molecule has 0 spiro atoms. The van der Waals surface area contributed by atoms with E-state index in [2.05, 4.69) is 26.0 Å². The largest absolute Gasteiger partial charge is 0.448 e. The highest BCUT2D eigenvalue weighted by atomic mass is 16.6. The average Bonchev–Trinajstić information content (AvgIpc) is 3.55. The maximum absolute atomic E-state index is 13.7. The van der Waals surface area contributed by atoms with Gasteiger partial charge in [0.2, 0.25) is 23.6 Å². The maximum atomic E-state index is 13.7. The highest BCUT2D eigenvalue weighted by Crippen LogP contribution is 2.21. The molecule has 3 heterocycles. The number of hydrogen-bond acceptors (Lipinski definition) is 8. The van der Waals surface area contributed by atoms with Crippen LogP contribution in [0.5, 0.6) is 0 Å². The van der Waals surface area contributed by atoms with Crippen LogP contribution in [-0.4, -0.2) is 99.7 Å². The smallest absolute Gasteiger partial charge is 0.410 e. The molecule has 2 aliphatic rings. The van der Waals surface area contributed by atoms with Crippen molar-refractivity contribution in [3.05, 3.63) is 47.5 Å². The van der Waals surface area contributed by atoms with Gasteiger partial charge >= 0.3 is 6.09 Å². The summed E-state index contributed by atoms with van der Waals surface area (Å²) in [6.45, 7) is 6.86. The normalized spacial score (nSPS) is 21.1. The summed E-state index contributed by atoms with van der Waals surface area (Å²) in [5.41, 5.74) is 0.879. The van der Waals surface area contributed by atoms with Gasteiger partial charge in [-0.2, -0.15) is 5.10 Å². The van der Waals surface area contributed by atoms with Crippen LogP contribution in [0.15, 0.2) is 30.3 Å². The molecule has 14 nitrogen and oxygen atoms in total. The molecule has 14 heteroatoms. The van der Waals surface area contributed by atoms with Crippen LogP contribution in [0.3, 0.4) is 0 Å². The molecule has 0 aliphatic carbocycles. The first-order valence-electron chi connectivity index (χ1n) is 15.1. The van der Waals surface area contributed by atoms with Gasteiger partial charge in [-0.25, -0.2) is 14.5 Å². The standard InChI is InChI=1S/C30H42N8O6/c1-20(2)27-28-32-21(3)35-38(28)18-25(40)31-12-8-14-36(26(41)19-37-15-16-44-30(37)43)13-7-11-24(39)33-23(29(42)34-27)17-22-9-5-4-6-10-22/h4-6,9-10,20,23,27H,7-8,11-19H2,1-3H3,(H,31,40)(H,33,39)(H,34,42)/t23-,27+/m1/s1. The Hall–Kier alpha value is -4.49. The van der Waals surface area contributed by atoms with E-state index in [4.69, 9.17) is 4.74 Å². The Bertz CT molecular complexity index is 1330. The molecule has 0 radical (unpaired) electrons. The Kier molecular flexibility index (Phi) is 11.3. The van der Waals surface area contributed by atoms with E-state index in [1.54, 1.807) is 11.8 Å². The second kappa shape index (κ2) is 15.3. The molecule has 44 heavy (non-hydrogen) atoms. The van der Waals surface area contributed by atoms with Crippen LogP contribution in [0.2, 0.25) is 0 Å². The third-order valence-corrected chi connectivity index (χ3v) is 7.56. The lowest BCUT2D eigenvalue weighted by Crippen LogP contribution is -2.50. The van der Waals surface area contributed by atoms with E-state index in [9.17, 15) is 24.0 Å². The number of nitrogens with one attached hydrogen (secondary N) is 3. The van der Waals surface area contributed by atoms with E-state index in [1.165, 1.54) is 9.58 Å². The monoisotopic (exact) mass is 610 g/mol. The zero-order valence-corrected chi connectivity index (χ0v) is 25.6. The molecule has 1 fully saturated rings. The Labute approximate surface area is 256 Å². The van der Waals surface area contributed by atoms with Gasteiger partial charge in [-0.15, -0.1) is 0 Å². The first kappa shape index (κ1) is 32.4. The number of fused-ring (bicyclic) bond motifs is 1. The molecule has 4 rings (SSSR count). The van der Waals surface area contributed by atoms with E-state index in [-0.39, 0.29) is 68.6 Å². The number of ether oxygens (including phenoxy) is 1. The second-order valence-electron chi connectivity index (χ2n) is 11.4. The van der Waals surface area contributed by atoms with Crippen LogP contribution in [0.1, 0.15) is 56.4 Å². The molecule has 0 unspecified atom stereocenters. The van der Waals surface area contributed by atoms with Crippen LogP contribution in [0, 0.1) is 12.8 Å². The minimum Gasteiger partial charge on any atom is -0.448 e. The summed E-state index contributed by atoms with van der Waals surface area (Å²) in [6, 6.07) is 7.98. The first-order valence-corrected chi connectivity index (χ1v) is 15.1. The molecule has 1 aromatic carbocycles. The summed E-state index contributed by atoms with van der Waals surface area (Å²) in [4.78, 5) is 72.2. The Morgan fingerprint density at radius 1 is 1.02 bits per heavy atom. The van der Waals surface area contributed by atoms with Gasteiger partial charge in [0.15, 0.2) is 5.82 Å². The molecular formula is C30H42N8O6. The summed E-state index contributed by atoms with van der Waals surface area (Å²) < 4.78 is 6.43. The predicted molar refractivity (Wildman–Crippen MR) is 159 cm³/mol. The van der Waals surface area contributed by atoms with E-state index >= 15 is 0 Å². The van der Waals surface area contributed by atoms with Gasteiger partial charge in [-0.05, 0) is 31.2 Å². The number of rotatable bonds is 5. The first-order chi connectivity index (χ1) is 21.1. The zero-order valence-electron chi connectivity index (χ0n) is 25.6. The molecule has 0 bridgehead atoms. The van der Waals surface area contributed by atoms with Gasteiger partial charge < -0.3 is 25.6 Å². The minimum absolute atomic E-state index is 0.0889. The van der Waals surface area contributed by atoms with Crippen LogP contribution in [0.25, 0.3) is 0 Å². The number of amides is 5. The Morgan fingerprint density at radius 2 is 1.77 bits per heavy atom. The fraction of sp³-hybridized carbons (Fsp3) is 0.567. The number of benzene rings is 1. The molecular weight excluding hydrogens is 568 g/mol. The average molecular weight is 611 g/mol. The van der Waals surface area contributed by atoms with Crippen molar-refractivity contribution in [2.24, 2.45) is 5.92 Å². The highest BCUT2D eigenvalue weighted by Gasteiger charge is 2.30. The number of aryl methyl sites for hydroxylation is 1. The lowest BCUT2D eigenvalue weighted by molar-refractivity contribution is -0.132. The molecule has 3 N–H and O–H groups in total. The number of nitrogens with zero attached hydrogens (tertiary/aromatic N) is 5.